The van der Waals surface area contributed by atoms with E-state index in [4.69, 9.17) is 10.5 Å². The van der Waals surface area contributed by atoms with Gasteiger partial charge in [-0.25, -0.2) is 4.79 Å². The van der Waals surface area contributed by atoms with Crippen LogP contribution >= 0.6 is 0 Å². The van der Waals surface area contributed by atoms with Gasteiger partial charge in [-0.1, -0.05) is 0 Å². The summed E-state index contributed by atoms with van der Waals surface area (Å²) >= 11 is 0. The van der Waals surface area contributed by atoms with Crippen molar-refractivity contribution in [3.8, 4) is 0 Å². The quantitative estimate of drug-likeness (QED) is 0.648. The topological polar surface area (TPSA) is 114 Å². The summed E-state index contributed by atoms with van der Waals surface area (Å²) in [5.41, 5.74) is 4.92. The molecular weight excluding hydrogens is 300 g/mol. The van der Waals surface area contributed by atoms with Gasteiger partial charge in [0.05, 0.1) is 6.04 Å². The normalized spacial score (nSPS) is 17.7. The maximum Gasteiger partial charge on any atom is 0.410 e. The summed E-state index contributed by atoms with van der Waals surface area (Å²) in [6, 6.07) is -1.30. The first-order valence-corrected chi connectivity index (χ1v) is 7.81. The predicted octanol–water partition coefficient (Wildman–Crippen LogP) is -0.179. The van der Waals surface area contributed by atoms with Crippen LogP contribution in [-0.2, 0) is 14.3 Å². The van der Waals surface area contributed by atoms with Crippen LogP contribution in [0.15, 0.2) is 0 Å². The van der Waals surface area contributed by atoms with Crippen molar-refractivity contribution in [3.05, 3.63) is 0 Å². The molecule has 1 heterocycles. The van der Waals surface area contributed by atoms with Crippen molar-refractivity contribution >= 4 is 17.9 Å². The second-order valence-electron chi connectivity index (χ2n) is 7.02. The van der Waals surface area contributed by atoms with Gasteiger partial charge in [0.1, 0.15) is 11.6 Å². The molecule has 0 aromatic carbocycles. The third-order valence-electron chi connectivity index (χ3n) is 3.34. The molecule has 0 spiro atoms. The summed E-state index contributed by atoms with van der Waals surface area (Å²) in [4.78, 5) is 36.7. The van der Waals surface area contributed by atoms with Gasteiger partial charge < -0.3 is 26.0 Å². The number of nitrogens with two attached hydrogens (primary N) is 1. The minimum Gasteiger partial charge on any atom is -0.444 e. The zero-order valence-electron chi connectivity index (χ0n) is 14.5. The van der Waals surface area contributed by atoms with E-state index in [1.807, 2.05) is 20.8 Å². The molecule has 1 saturated heterocycles. The molecular formula is C15H28N4O4. The largest absolute Gasteiger partial charge is 0.444 e. The van der Waals surface area contributed by atoms with Crippen molar-refractivity contribution in [1.82, 2.24) is 15.5 Å². The average molecular weight is 328 g/mol. The van der Waals surface area contributed by atoms with E-state index in [1.165, 1.54) is 0 Å². The maximum absolute atomic E-state index is 11.9. The standard InChI is InChI=1S/C15H28N4O4/c1-9(16)12(20)18-10(2)13(21)17-6-11-7-19(8-11)14(22)23-15(3,4)5/h9-11H,6-8,16H2,1-5H3,(H,17,21)(H,18,20)/t9-,10-/m0/s1. The summed E-state index contributed by atoms with van der Waals surface area (Å²) < 4.78 is 5.26. The van der Waals surface area contributed by atoms with E-state index in [2.05, 4.69) is 10.6 Å². The molecule has 0 unspecified atom stereocenters. The lowest BCUT2D eigenvalue weighted by molar-refractivity contribution is -0.129. The van der Waals surface area contributed by atoms with Gasteiger partial charge >= 0.3 is 6.09 Å². The highest BCUT2D eigenvalue weighted by Gasteiger charge is 2.34. The first-order valence-electron chi connectivity index (χ1n) is 7.81. The number of carbonyl (C=O) groups is 3. The van der Waals surface area contributed by atoms with E-state index >= 15 is 0 Å². The number of amides is 3. The Morgan fingerprint density at radius 3 is 2.26 bits per heavy atom. The number of rotatable bonds is 5. The minimum atomic E-state index is -0.653. The average Bonchev–Trinajstić information content (AvgIpc) is 2.33. The zero-order valence-corrected chi connectivity index (χ0v) is 14.5. The van der Waals surface area contributed by atoms with E-state index in [0.717, 1.165) is 0 Å². The Morgan fingerprint density at radius 2 is 1.78 bits per heavy atom. The van der Waals surface area contributed by atoms with Gasteiger partial charge in [-0.3, -0.25) is 9.59 Å². The molecule has 4 N–H and O–H groups in total. The van der Waals surface area contributed by atoms with Crippen molar-refractivity contribution in [2.24, 2.45) is 11.7 Å². The van der Waals surface area contributed by atoms with Crippen LogP contribution in [0.25, 0.3) is 0 Å². The fourth-order valence-electron chi connectivity index (χ4n) is 1.98. The van der Waals surface area contributed by atoms with Crippen LogP contribution < -0.4 is 16.4 Å². The molecule has 3 amide bonds. The second kappa shape index (κ2) is 7.63. The molecule has 8 heteroatoms. The zero-order chi connectivity index (χ0) is 17.8. The lowest BCUT2D eigenvalue weighted by atomic mass is 10.0. The maximum atomic E-state index is 11.9. The highest BCUT2D eigenvalue weighted by Crippen LogP contribution is 2.18. The van der Waals surface area contributed by atoms with Gasteiger partial charge in [-0.2, -0.15) is 0 Å². The van der Waals surface area contributed by atoms with Crippen molar-refractivity contribution in [2.75, 3.05) is 19.6 Å². The molecule has 8 nitrogen and oxygen atoms in total. The van der Waals surface area contributed by atoms with E-state index in [-0.39, 0.29) is 23.8 Å². The van der Waals surface area contributed by atoms with Gasteiger partial charge in [-0.05, 0) is 34.6 Å². The first kappa shape index (κ1) is 19.2. The van der Waals surface area contributed by atoms with Crippen molar-refractivity contribution in [2.45, 2.75) is 52.3 Å². The monoisotopic (exact) mass is 328 g/mol. The Morgan fingerprint density at radius 1 is 1.22 bits per heavy atom. The second-order valence-corrected chi connectivity index (χ2v) is 7.02. The van der Waals surface area contributed by atoms with Gasteiger partial charge in [-0.15, -0.1) is 0 Å². The van der Waals surface area contributed by atoms with Gasteiger partial charge in [0, 0.05) is 25.6 Å². The van der Waals surface area contributed by atoms with Gasteiger partial charge in [0.15, 0.2) is 0 Å². The molecule has 0 bridgehead atoms. The Labute approximate surface area is 137 Å². The molecule has 132 valence electrons. The molecule has 1 aliphatic heterocycles. The molecule has 0 radical (unpaired) electrons. The summed E-state index contributed by atoms with van der Waals surface area (Å²) in [7, 11) is 0. The fourth-order valence-corrected chi connectivity index (χ4v) is 1.98. The minimum absolute atomic E-state index is 0.197. The Hall–Kier alpha value is -1.83. The Balaban J connectivity index is 2.24. The highest BCUT2D eigenvalue weighted by atomic mass is 16.6. The number of hydrogen-bond donors (Lipinski definition) is 3. The van der Waals surface area contributed by atoms with E-state index in [0.29, 0.717) is 19.6 Å². The number of ether oxygens (including phenoxy) is 1. The molecule has 1 fully saturated rings. The molecule has 0 aliphatic carbocycles. The third-order valence-corrected chi connectivity index (χ3v) is 3.34. The van der Waals surface area contributed by atoms with Crippen LogP contribution in [0.4, 0.5) is 4.79 Å². The van der Waals surface area contributed by atoms with Crippen LogP contribution in [0, 0.1) is 5.92 Å². The molecule has 0 saturated carbocycles. The van der Waals surface area contributed by atoms with Gasteiger partial charge in [0.25, 0.3) is 0 Å². The molecule has 0 aromatic rings. The molecule has 1 aliphatic rings. The summed E-state index contributed by atoms with van der Waals surface area (Å²) in [5, 5.41) is 5.29. The summed E-state index contributed by atoms with van der Waals surface area (Å²) in [6.45, 7) is 10.2. The lowest BCUT2D eigenvalue weighted by Gasteiger charge is -2.39. The smallest absolute Gasteiger partial charge is 0.410 e. The van der Waals surface area contributed by atoms with E-state index in [1.54, 1.807) is 18.7 Å². The Bertz CT molecular complexity index is 453. The molecule has 23 heavy (non-hydrogen) atoms. The number of nitrogens with one attached hydrogen (secondary N) is 2. The SMILES string of the molecule is C[C@H](N)C(=O)N[C@@H](C)C(=O)NCC1CN(C(=O)OC(C)(C)C)C1. The van der Waals surface area contributed by atoms with Crippen LogP contribution in [0.5, 0.6) is 0 Å². The fraction of sp³-hybridized carbons (Fsp3) is 0.800. The third kappa shape index (κ3) is 6.43. The number of likely N-dealkylation sites (tertiary alicyclic amines) is 1. The number of hydrogen-bond acceptors (Lipinski definition) is 5. The van der Waals surface area contributed by atoms with Crippen LogP contribution in [-0.4, -0.2) is 60.1 Å². The predicted molar refractivity (Wildman–Crippen MR) is 85.6 cm³/mol. The van der Waals surface area contributed by atoms with Crippen molar-refractivity contribution in [1.29, 1.82) is 0 Å². The number of carbonyl (C=O) groups excluding carboxylic acids is 3. The number of nitrogens with zero attached hydrogens (tertiary/aromatic N) is 1. The van der Waals surface area contributed by atoms with E-state index < -0.39 is 17.7 Å². The van der Waals surface area contributed by atoms with Crippen LogP contribution in [0.3, 0.4) is 0 Å². The van der Waals surface area contributed by atoms with E-state index in [9.17, 15) is 14.4 Å². The summed E-state index contributed by atoms with van der Waals surface area (Å²) in [5.74, 6) is -0.440. The van der Waals surface area contributed by atoms with Crippen molar-refractivity contribution in [3.63, 3.8) is 0 Å². The van der Waals surface area contributed by atoms with Crippen LogP contribution in [0.1, 0.15) is 34.6 Å². The van der Waals surface area contributed by atoms with Crippen molar-refractivity contribution < 1.29 is 19.1 Å². The lowest BCUT2D eigenvalue weighted by Crippen LogP contribution is -2.56. The molecule has 1 rings (SSSR count). The highest BCUT2D eigenvalue weighted by molar-refractivity contribution is 5.89. The van der Waals surface area contributed by atoms with Gasteiger partial charge in [0.2, 0.25) is 11.8 Å². The molecule has 2 atom stereocenters. The Kier molecular flexibility index (Phi) is 6.37. The summed E-state index contributed by atoms with van der Waals surface area (Å²) in [6.07, 6.45) is -0.336. The first-order chi connectivity index (χ1) is 10.5. The van der Waals surface area contributed by atoms with Crippen LogP contribution in [0.2, 0.25) is 0 Å². The molecule has 0 aromatic heterocycles.